The molecule has 4 heteroatoms. The first-order valence-electron chi connectivity index (χ1n) is 6.21. The molecule has 2 saturated heterocycles. The number of piperazine rings is 1. The van der Waals surface area contributed by atoms with Crippen LogP contribution in [0.5, 0.6) is 0 Å². The third-order valence-corrected chi connectivity index (χ3v) is 3.64. The fraction of sp³-hybridized carbons (Fsp3) is 0.917. The zero-order valence-corrected chi connectivity index (χ0v) is 10.3. The zero-order valence-electron chi connectivity index (χ0n) is 10.3. The van der Waals surface area contributed by atoms with Crippen LogP contribution in [-0.4, -0.2) is 49.2 Å². The number of carbonyl (C=O) groups excluding carboxylic acids is 1. The molecule has 0 aromatic carbocycles. The lowest BCUT2D eigenvalue weighted by molar-refractivity contribution is -0.145. The number of nitrogens with one attached hydrogen (secondary N) is 1. The Labute approximate surface area is 97.3 Å². The van der Waals surface area contributed by atoms with Gasteiger partial charge < -0.3 is 15.0 Å². The van der Waals surface area contributed by atoms with Gasteiger partial charge in [-0.2, -0.15) is 0 Å². The average Bonchev–Trinajstić information content (AvgIpc) is 2.29. The molecule has 2 fully saturated rings. The van der Waals surface area contributed by atoms with Gasteiger partial charge in [-0.05, 0) is 26.7 Å². The smallest absolute Gasteiger partial charge is 0.226 e. The van der Waals surface area contributed by atoms with Crippen LogP contribution in [0.15, 0.2) is 0 Å². The summed E-state index contributed by atoms with van der Waals surface area (Å²) in [4.78, 5) is 14.5. The van der Waals surface area contributed by atoms with Crippen molar-refractivity contribution in [2.45, 2.75) is 32.2 Å². The minimum Gasteiger partial charge on any atom is -0.381 e. The Bertz CT molecular complexity index is 260. The Morgan fingerprint density at radius 3 is 2.69 bits per heavy atom. The Morgan fingerprint density at radius 2 is 2.06 bits per heavy atom. The quantitative estimate of drug-likeness (QED) is 0.713. The van der Waals surface area contributed by atoms with E-state index in [2.05, 4.69) is 24.1 Å². The van der Waals surface area contributed by atoms with Gasteiger partial charge in [0.15, 0.2) is 0 Å². The Hall–Kier alpha value is -0.610. The van der Waals surface area contributed by atoms with E-state index < -0.39 is 0 Å². The van der Waals surface area contributed by atoms with Gasteiger partial charge in [-0.25, -0.2) is 0 Å². The van der Waals surface area contributed by atoms with Gasteiger partial charge in [0.1, 0.15) is 0 Å². The van der Waals surface area contributed by atoms with Gasteiger partial charge in [0, 0.05) is 44.3 Å². The van der Waals surface area contributed by atoms with Crippen molar-refractivity contribution in [3.05, 3.63) is 0 Å². The van der Waals surface area contributed by atoms with Gasteiger partial charge in [0.05, 0.1) is 0 Å². The number of amides is 1. The van der Waals surface area contributed by atoms with Crippen LogP contribution >= 0.6 is 0 Å². The molecule has 0 bridgehead atoms. The molecule has 2 aliphatic rings. The van der Waals surface area contributed by atoms with Crippen LogP contribution in [0.4, 0.5) is 0 Å². The molecule has 4 nitrogen and oxygen atoms in total. The van der Waals surface area contributed by atoms with Crippen LogP contribution < -0.4 is 5.32 Å². The van der Waals surface area contributed by atoms with E-state index in [1.807, 2.05) is 0 Å². The fourth-order valence-corrected chi connectivity index (χ4v) is 2.56. The van der Waals surface area contributed by atoms with Crippen LogP contribution in [0, 0.1) is 5.92 Å². The molecule has 2 heterocycles. The van der Waals surface area contributed by atoms with Crippen molar-refractivity contribution in [2.24, 2.45) is 5.92 Å². The van der Waals surface area contributed by atoms with E-state index in [-0.39, 0.29) is 11.5 Å². The number of hydrogen-bond acceptors (Lipinski definition) is 3. The van der Waals surface area contributed by atoms with Crippen molar-refractivity contribution in [1.82, 2.24) is 10.2 Å². The minimum absolute atomic E-state index is 0.0480. The highest BCUT2D eigenvalue weighted by molar-refractivity contribution is 5.79. The van der Waals surface area contributed by atoms with Gasteiger partial charge >= 0.3 is 0 Å². The van der Waals surface area contributed by atoms with Crippen LogP contribution in [0.25, 0.3) is 0 Å². The van der Waals surface area contributed by atoms with Crippen molar-refractivity contribution < 1.29 is 9.53 Å². The summed E-state index contributed by atoms with van der Waals surface area (Å²) in [5.41, 5.74) is -0.0480. The highest BCUT2D eigenvalue weighted by atomic mass is 16.5. The molecule has 1 amide bonds. The summed E-state index contributed by atoms with van der Waals surface area (Å²) >= 11 is 0. The molecular formula is C12H22N2O2. The van der Waals surface area contributed by atoms with Crippen molar-refractivity contribution in [3.8, 4) is 0 Å². The summed E-state index contributed by atoms with van der Waals surface area (Å²) in [6, 6.07) is 0. The molecule has 0 atom stereocenters. The highest BCUT2D eigenvalue weighted by Gasteiger charge is 2.36. The maximum Gasteiger partial charge on any atom is 0.226 e. The molecule has 0 spiro atoms. The van der Waals surface area contributed by atoms with E-state index in [1.54, 1.807) is 0 Å². The first-order valence-corrected chi connectivity index (χ1v) is 6.21. The third-order valence-electron chi connectivity index (χ3n) is 3.64. The second-order valence-electron chi connectivity index (χ2n) is 5.37. The van der Waals surface area contributed by atoms with Gasteiger partial charge in [-0.3, -0.25) is 4.79 Å². The van der Waals surface area contributed by atoms with Crippen LogP contribution in [-0.2, 0) is 9.53 Å². The summed E-state index contributed by atoms with van der Waals surface area (Å²) in [6.07, 6.45) is 1.78. The second kappa shape index (κ2) is 4.72. The highest BCUT2D eigenvalue weighted by Crippen LogP contribution is 2.24. The van der Waals surface area contributed by atoms with Crippen molar-refractivity contribution in [3.63, 3.8) is 0 Å². The van der Waals surface area contributed by atoms with Gasteiger partial charge in [-0.1, -0.05) is 0 Å². The predicted octanol–water partition coefficient (Wildman–Crippen LogP) is 0.623. The normalized spacial score (nSPS) is 26.8. The summed E-state index contributed by atoms with van der Waals surface area (Å²) in [6.45, 7) is 8.39. The molecule has 16 heavy (non-hydrogen) atoms. The maximum atomic E-state index is 12.4. The standard InChI is InChI=1S/C12H22N2O2/c1-12(2)9-13-5-6-14(12)11(15)10-3-7-16-8-4-10/h10,13H,3-9H2,1-2H3. The molecule has 1 N–H and O–H groups in total. The number of rotatable bonds is 1. The predicted molar refractivity (Wildman–Crippen MR) is 62.2 cm³/mol. The molecule has 0 aromatic rings. The summed E-state index contributed by atoms with van der Waals surface area (Å²) in [5, 5.41) is 3.34. The van der Waals surface area contributed by atoms with E-state index in [4.69, 9.17) is 4.74 Å². The van der Waals surface area contributed by atoms with Gasteiger partial charge in [0.25, 0.3) is 0 Å². The number of ether oxygens (including phenoxy) is 1. The average molecular weight is 226 g/mol. The van der Waals surface area contributed by atoms with Crippen molar-refractivity contribution in [1.29, 1.82) is 0 Å². The van der Waals surface area contributed by atoms with E-state index in [0.717, 1.165) is 45.7 Å². The zero-order chi connectivity index (χ0) is 11.6. The van der Waals surface area contributed by atoms with E-state index in [0.29, 0.717) is 5.91 Å². The molecule has 0 aliphatic carbocycles. The van der Waals surface area contributed by atoms with Crippen molar-refractivity contribution in [2.75, 3.05) is 32.8 Å². The lowest BCUT2D eigenvalue weighted by Gasteiger charge is -2.44. The summed E-state index contributed by atoms with van der Waals surface area (Å²) in [7, 11) is 0. The fourth-order valence-electron chi connectivity index (χ4n) is 2.56. The Kier molecular flexibility index (Phi) is 3.50. The largest absolute Gasteiger partial charge is 0.381 e. The Morgan fingerprint density at radius 1 is 1.38 bits per heavy atom. The van der Waals surface area contributed by atoms with E-state index >= 15 is 0 Å². The summed E-state index contributed by atoms with van der Waals surface area (Å²) < 4.78 is 5.31. The van der Waals surface area contributed by atoms with Crippen LogP contribution in [0.2, 0.25) is 0 Å². The molecule has 2 rings (SSSR count). The Balaban J connectivity index is 2.01. The maximum absolute atomic E-state index is 12.4. The number of hydrogen-bond donors (Lipinski definition) is 1. The van der Waals surface area contributed by atoms with Gasteiger partial charge in [0.2, 0.25) is 5.91 Å². The third kappa shape index (κ3) is 2.38. The molecule has 0 saturated carbocycles. The number of carbonyl (C=O) groups is 1. The monoisotopic (exact) mass is 226 g/mol. The molecule has 92 valence electrons. The first-order chi connectivity index (χ1) is 7.61. The molecule has 0 unspecified atom stereocenters. The van der Waals surface area contributed by atoms with Crippen LogP contribution in [0.3, 0.4) is 0 Å². The van der Waals surface area contributed by atoms with Gasteiger partial charge in [-0.15, -0.1) is 0 Å². The lowest BCUT2D eigenvalue weighted by atomic mass is 9.93. The molecular weight excluding hydrogens is 204 g/mol. The van der Waals surface area contributed by atoms with Crippen LogP contribution in [0.1, 0.15) is 26.7 Å². The number of nitrogens with zero attached hydrogens (tertiary/aromatic N) is 1. The van der Waals surface area contributed by atoms with E-state index in [1.165, 1.54) is 0 Å². The van der Waals surface area contributed by atoms with Crippen molar-refractivity contribution >= 4 is 5.91 Å². The summed E-state index contributed by atoms with van der Waals surface area (Å²) in [5.74, 6) is 0.515. The molecule has 0 radical (unpaired) electrons. The first kappa shape index (κ1) is 11.9. The topological polar surface area (TPSA) is 41.6 Å². The minimum atomic E-state index is -0.0480. The lowest BCUT2D eigenvalue weighted by Crippen LogP contribution is -2.61. The SMILES string of the molecule is CC1(C)CNCCN1C(=O)C1CCOCC1. The van der Waals surface area contributed by atoms with E-state index in [9.17, 15) is 4.79 Å². The molecule has 2 aliphatic heterocycles. The molecule has 0 aromatic heterocycles. The second-order valence-corrected chi connectivity index (χ2v) is 5.37.